The van der Waals surface area contributed by atoms with E-state index in [2.05, 4.69) is 0 Å². The fourth-order valence-electron chi connectivity index (χ4n) is 5.55. The van der Waals surface area contributed by atoms with Gasteiger partial charge < -0.3 is 29.5 Å². The minimum atomic E-state index is -1.16. The maximum Gasteiger partial charge on any atom is 0.336 e. The summed E-state index contributed by atoms with van der Waals surface area (Å²) in [6.07, 6.45) is 4.35. The normalized spacial score (nSPS) is 11.8. The second-order valence-electron chi connectivity index (χ2n) is 13.9. The summed E-state index contributed by atoms with van der Waals surface area (Å²) in [5.41, 5.74) is -1.57. The fourth-order valence-corrected chi connectivity index (χ4v) is 7.41. The number of benzene rings is 3. The van der Waals surface area contributed by atoms with E-state index in [0.717, 1.165) is 0 Å². The Hall–Kier alpha value is -6.84. The van der Waals surface area contributed by atoms with Gasteiger partial charge in [-0.05, 0) is 57.2 Å². The average molecular weight is 964 g/mol. The summed E-state index contributed by atoms with van der Waals surface area (Å²) in [5, 5.41) is 28.5. The summed E-state index contributed by atoms with van der Waals surface area (Å²) in [4.78, 5) is 116. The Kier molecular flexibility index (Phi) is 20.1. The summed E-state index contributed by atoms with van der Waals surface area (Å²) in [6, 6.07) is 19.0. The lowest BCUT2D eigenvalue weighted by Crippen LogP contribution is -2.55. The third kappa shape index (κ3) is 15.7. The Morgan fingerprint density at radius 2 is 0.697 bits per heavy atom. The van der Waals surface area contributed by atoms with E-state index < -0.39 is 107 Å². The molecule has 0 radical (unpaired) electrons. The van der Waals surface area contributed by atoms with Crippen molar-refractivity contribution in [2.75, 3.05) is 37.1 Å². The number of hydrogen-bond acceptors (Lipinski definition) is 18. The summed E-state index contributed by atoms with van der Waals surface area (Å²) < 4.78 is 17.2. The molecule has 0 unspecified atom stereocenters. The zero-order valence-corrected chi connectivity index (χ0v) is 38.3. The highest BCUT2D eigenvalue weighted by Crippen LogP contribution is 2.24. The molecule has 0 fully saturated rings. The van der Waals surface area contributed by atoms with Crippen molar-refractivity contribution >= 4 is 86.8 Å². The minimum absolute atomic E-state index is 0.0418. The molecule has 0 amide bonds. The first kappa shape index (κ1) is 51.8. The molecule has 348 valence electrons. The molecule has 0 spiro atoms. The van der Waals surface area contributed by atoms with E-state index in [1.54, 1.807) is 54.6 Å². The van der Waals surface area contributed by atoms with Crippen LogP contribution >= 0.6 is 35.3 Å². The first-order valence-electron chi connectivity index (χ1n) is 19.8. The number of rotatable bonds is 21. The van der Waals surface area contributed by atoms with Gasteiger partial charge in [-0.1, -0.05) is 89.9 Å². The van der Waals surface area contributed by atoms with Gasteiger partial charge in [-0.15, -0.1) is 0 Å². The number of ether oxygens (including phenoxy) is 3. The van der Waals surface area contributed by atoms with Gasteiger partial charge in [-0.3, -0.25) is 28.8 Å². The molecule has 3 N–H and O–H groups in total. The first-order valence-corrected chi connectivity index (χ1v) is 22.7. The number of carbonyl (C=O) groups excluding carboxylic acids is 6. The Morgan fingerprint density at radius 1 is 0.455 bits per heavy atom. The maximum atomic E-state index is 13.5. The van der Waals surface area contributed by atoms with Crippen LogP contribution in [0.15, 0.2) is 104 Å². The number of hydrogen-bond donors (Lipinski definition) is 3. The summed E-state index contributed by atoms with van der Waals surface area (Å²) in [6.45, 7) is 1.16. The highest BCUT2D eigenvalue weighted by molar-refractivity contribution is 8.15. The average Bonchev–Trinajstić information content (AvgIpc) is 3.29. The Bertz CT molecular complexity index is 2430. The number of aromatic hydroxyl groups is 3. The monoisotopic (exact) mass is 963 g/mol. The molecule has 4 rings (SSSR count). The number of esters is 3. The van der Waals surface area contributed by atoms with Crippen LogP contribution in [-0.2, 0) is 62.6 Å². The lowest BCUT2D eigenvalue weighted by molar-refractivity contribution is -0.141. The smallest absolute Gasteiger partial charge is 0.336 e. The lowest BCUT2D eigenvalue weighted by atomic mass is 10.1. The summed E-state index contributed by atoms with van der Waals surface area (Å²) in [7, 11) is 0. The van der Waals surface area contributed by atoms with E-state index >= 15 is 0 Å². The van der Waals surface area contributed by atoms with Crippen LogP contribution in [0.5, 0.6) is 17.2 Å². The summed E-state index contributed by atoms with van der Waals surface area (Å²) in [5.74, 6) is -4.05. The van der Waals surface area contributed by atoms with Crippen molar-refractivity contribution in [3.05, 3.63) is 138 Å². The van der Waals surface area contributed by atoms with E-state index in [-0.39, 0.29) is 34.0 Å². The lowest BCUT2D eigenvalue weighted by Gasteiger charge is -2.14. The van der Waals surface area contributed by atoms with Gasteiger partial charge in [0.15, 0.2) is 0 Å². The number of thioether (sulfide) groups is 3. The van der Waals surface area contributed by atoms with E-state index in [1.807, 2.05) is 0 Å². The molecule has 1 aromatic heterocycles. The third-order valence-corrected chi connectivity index (χ3v) is 11.9. The van der Waals surface area contributed by atoms with Crippen molar-refractivity contribution in [3.8, 4) is 17.2 Å². The van der Waals surface area contributed by atoms with Gasteiger partial charge in [0.05, 0.1) is 36.9 Å². The molecule has 0 aliphatic heterocycles. The van der Waals surface area contributed by atoms with Crippen molar-refractivity contribution in [3.63, 3.8) is 0 Å². The van der Waals surface area contributed by atoms with Crippen molar-refractivity contribution in [1.82, 2.24) is 13.7 Å². The van der Waals surface area contributed by atoms with Crippen LogP contribution in [-0.4, -0.2) is 99.4 Å². The minimum Gasteiger partial charge on any atom is -0.507 e. The topological polar surface area (TPSA) is 257 Å². The van der Waals surface area contributed by atoms with Crippen molar-refractivity contribution < 1.29 is 58.3 Å². The molecular formula is C45H45N3O15S3. The number of phenolic OH excluding ortho intramolecular Hbond substituents is 3. The van der Waals surface area contributed by atoms with Crippen LogP contribution in [0.25, 0.3) is 18.2 Å². The molecule has 21 heteroatoms. The van der Waals surface area contributed by atoms with E-state index in [9.17, 15) is 58.5 Å². The van der Waals surface area contributed by atoms with Gasteiger partial charge in [-0.25, -0.2) is 28.1 Å². The zero-order valence-electron chi connectivity index (χ0n) is 35.8. The molecule has 3 aromatic carbocycles. The Morgan fingerprint density at radius 3 is 0.939 bits per heavy atom. The third-order valence-electron chi connectivity index (χ3n) is 8.97. The molecule has 0 aliphatic carbocycles. The molecule has 1 heterocycles. The SMILES string of the molecule is C/C(=C\c1ccccc1O)C(=O)SCC(=O)OCCn1c(=O)n(CCOC(=O)CSC(=O)/C(C)=C/c2ccccc2O)c(=O)n(CCOC(=O)CSC(=O)/C(C)=C/c2ccccc2O)c1=O. The maximum absolute atomic E-state index is 13.5. The summed E-state index contributed by atoms with van der Waals surface area (Å²) >= 11 is 1.87. The van der Waals surface area contributed by atoms with Gasteiger partial charge in [0, 0.05) is 33.4 Å². The molecule has 4 aromatic rings. The van der Waals surface area contributed by atoms with Crippen molar-refractivity contribution in [1.29, 1.82) is 0 Å². The number of nitrogens with zero attached hydrogens (tertiary/aromatic N) is 3. The van der Waals surface area contributed by atoms with Gasteiger partial charge in [0.2, 0.25) is 15.3 Å². The molecule has 0 saturated heterocycles. The second kappa shape index (κ2) is 25.6. The largest absolute Gasteiger partial charge is 0.507 e. The number of phenols is 3. The van der Waals surface area contributed by atoms with Gasteiger partial charge in [-0.2, -0.15) is 0 Å². The van der Waals surface area contributed by atoms with Gasteiger partial charge >= 0.3 is 35.0 Å². The number of carbonyl (C=O) groups is 6. The van der Waals surface area contributed by atoms with Crippen molar-refractivity contribution in [2.45, 2.75) is 40.4 Å². The standard InChI is InChI=1S/C45H45N3O15S3/c1-28(22-31-10-4-7-13-34(31)49)40(55)64-25-37(52)61-19-16-46-43(58)47(17-20-62-38(53)26-65-41(56)29(2)23-32-11-5-8-14-35(32)50)45(60)48(44(46)59)18-21-63-39(54)27-66-42(57)30(3)24-33-12-6-9-15-36(33)51/h4-15,22-24,49-51H,16-21,25-27H2,1-3H3/b28-22+,29-23+,30-24+. The molecule has 0 atom stereocenters. The van der Waals surface area contributed by atoms with Crippen LogP contribution < -0.4 is 17.1 Å². The molecule has 0 saturated carbocycles. The molecule has 18 nitrogen and oxygen atoms in total. The van der Waals surface area contributed by atoms with Crippen LogP contribution in [0, 0.1) is 0 Å². The van der Waals surface area contributed by atoms with Crippen LogP contribution in [0.1, 0.15) is 37.5 Å². The quantitative estimate of drug-likeness (QED) is 0.0606. The number of aromatic nitrogens is 3. The van der Waals surface area contributed by atoms with Gasteiger partial charge in [0.1, 0.15) is 37.1 Å². The Balaban J connectivity index is 1.40. The molecular weight excluding hydrogens is 919 g/mol. The first-order chi connectivity index (χ1) is 31.5. The van der Waals surface area contributed by atoms with Crippen LogP contribution in [0.2, 0.25) is 0 Å². The van der Waals surface area contributed by atoms with Crippen molar-refractivity contribution in [2.24, 2.45) is 0 Å². The predicted molar refractivity (Wildman–Crippen MR) is 250 cm³/mol. The Labute approximate surface area is 389 Å². The van der Waals surface area contributed by atoms with Crippen LogP contribution in [0.4, 0.5) is 0 Å². The van der Waals surface area contributed by atoms with E-state index in [0.29, 0.717) is 65.7 Å². The molecule has 0 aliphatic rings. The fraction of sp³-hybridized carbons (Fsp3) is 0.267. The zero-order chi connectivity index (χ0) is 48.3. The van der Waals surface area contributed by atoms with Crippen LogP contribution in [0.3, 0.4) is 0 Å². The highest BCUT2D eigenvalue weighted by atomic mass is 32.2. The van der Waals surface area contributed by atoms with E-state index in [4.69, 9.17) is 14.2 Å². The van der Waals surface area contributed by atoms with Gasteiger partial charge in [0.25, 0.3) is 0 Å². The van der Waals surface area contributed by atoms with E-state index in [1.165, 1.54) is 57.2 Å². The molecule has 66 heavy (non-hydrogen) atoms. The number of para-hydroxylation sites is 3. The highest BCUT2D eigenvalue weighted by Gasteiger charge is 2.19. The second-order valence-corrected chi connectivity index (χ2v) is 16.7. The predicted octanol–water partition coefficient (Wildman–Crippen LogP) is 4.01. The molecule has 0 bridgehead atoms.